The molecule has 6 nitrogen and oxygen atoms in total. The van der Waals surface area contributed by atoms with Gasteiger partial charge in [-0.3, -0.25) is 9.36 Å². The minimum atomic E-state index is 0.0635. The molecule has 0 bridgehead atoms. The Morgan fingerprint density at radius 1 is 1.28 bits per heavy atom. The summed E-state index contributed by atoms with van der Waals surface area (Å²) in [7, 11) is 0. The Bertz CT molecular complexity index is 1020. The van der Waals surface area contributed by atoms with Crippen LogP contribution in [0.2, 0.25) is 10.0 Å². The first-order chi connectivity index (χ1) is 14.0. The fourth-order valence-electron chi connectivity index (χ4n) is 3.89. The Balaban J connectivity index is 1.56. The molecule has 3 heterocycles. The zero-order valence-electron chi connectivity index (χ0n) is 16.1. The number of aromatic nitrogens is 3. The molecule has 0 aliphatic carbocycles. The van der Waals surface area contributed by atoms with Crippen molar-refractivity contribution >= 4 is 40.3 Å². The quantitative estimate of drug-likeness (QED) is 0.593. The number of imidazole rings is 1. The second kappa shape index (κ2) is 8.59. The van der Waals surface area contributed by atoms with E-state index >= 15 is 0 Å². The highest BCUT2D eigenvalue weighted by atomic mass is 35.5. The maximum absolute atomic E-state index is 13.0. The highest BCUT2D eigenvalue weighted by Crippen LogP contribution is 2.31. The lowest BCUT2D eigenvalue weighted by atomic mass is 10.0. The molecular weight excluding hydrogens is 411 g/mol. The third-order valence-corrected chi connectivity index (χ3v) is 5.54. The number of carbonyl (C=O) groups is 1. The minimum absolute atomic E-state index is 0.0635. The van der Waals surface area contributed by atoms with Crippen molar-refractivity contribution in [2.45, 2.75) is 32.2 Å². The molecule has 1 atom stereocenters. The van der Waals surface area contributed by atoms with Crippen molar-refractivity contribution in [3.8, 4) is 6.01 Å². The number of rotatable bonds is 5. The van der Waals surface area contributed by atoms with Crippen LogP contribution in [-0.2, 0) is 11.2 Å². The number of pyridine rings is 1. The second-order valence-electron chi connectivity index (χ2n) is 7.13. The average Bonchev–Trinajstić information content (AvgIpc) is 3.05. The first kappa shape index (κ1) is 20.0. The van der Waals surface area contributed by atoms with Gasteiger partial charge in [0.05, 0.1) is 24.6 Å². The first-order valence-electron chi connectivity index (χ1n) is 9.73. The second-order valence-corrected chi connectivity index (χ2v) is 8.01. The number of carbonyl (C=O) groups excluding carboxylic acids is 1. The van der Waals surface area contributed by atoms with E-state index in [1.54, 1.807) is 24.4 Å². The lowest BCUT2D eigenvalue weighted by Crippen LogP contribution is -2.41. The lowest BCUT2D eigenvalue weighted by Gasteiger charge is -2.34. The standard InChI is InChI=1S/C21H22Cl2N4O2/c1-2-29-21-25-20-18(6-3-7-24-20)27(21)17-5-4-8-26(13-17)19(28)11-14-9-15(22)12-16(23)10-14/h3,6-7,9-10,12,17H,2,4-5,8,11,13H2,1H3/t17-/m0/s1. The molecule has 0 saturated carbocycles. The van der Waals surface area contributed by atoms with Crippen LogP contribution >= 0.6 is 23.2 Å². The fourth-order valence-corrected chi connectivity index (χ4v) is 4.46. The van der Waals surface area contributed by atoms with E-state index < -0.39 is 0 Å². The van der Waals surface area contributed by atoms with Gasteiger partial charge >= 0.3 is 0 Å². The Morgan fingerprint density at radius 2 is 2.07 bits per heavy atom. The van der Waals surface area contributed by atoms with Crippen molar-refractivity contribution in [1.82, 2.24) is 19.4 Å². The summed E-state index contributed by atoms with van der Waals surface area (Å²) in [6, 6.07) is 9.77. The van der Waals surface area contributed by atoms with Crippen LogP contribution < -0.4 is 4.74 Å². The normalized spacial score (nSPS) is 16.9. The van der Waals surface area contributed by atoms with E-state index in [-0.39, 0.29) is 18.4 Å². The number of hydrogen-bond donors (Lipinski definition) is 0. The molecule has 0 spiro atoms. The van der Waals surface area contributed by atoms with Gasteiger partial charge in [0.1, 0.15) is 0 Å². The molecule has 152 valence electrons. The summed E-state index contributed by atoms with van der Waals surface area (Å²) in [5.41, 5.74) is 2.41. The molecule has 4 rings (SSSR count). The van der Waals surface area contributed by atoms with E-state index in [2.05, 4.69) is 14.5 Å². The van der Waals surface area contributed by atoms with Crippen LogP contribution in [0.15, 0.2) is 36.5 Å². The monoisotopic (exact) mass is 432 g/mol. The lowest BCUT2D eigenvalue weighted by molar-refractivity contribution is -0.132. The van der Waals surface area contributed by atoms with Gasteiger partial charge in [0.25, 0.3) is 6.01 Å². The van der Waals surface area contributed by atoms with Crippen molar-refractivity contribution in [1.29, 1.82) is 0 Å². The predicted molar refractivity (Wildman–Crippen MR) is 114 cm³/mol. The van der Waals surface area contributed by atoms with Gasteiger partial charge in [-0.1, -0.05) is 23.2 Å². The largest absolute Gasteiger partial charge is 0.465 e. The molecule has 3 aromatic rings. The predicted octanol–water partition coefficient (Wildman–Crippen LogP) is 4.54. The van der Waals surface area contributed by atoms with Crippen LogP contribution in [0, 0.1) is 0 Å². The Morgan fingerprint density at radius 3 is 2.83 bits per heavy atom. The van der Waals surface area contributed by atoms with Gasteiger partial charge in [0, 0.05) is 29.3 Å². The van der Waals surface area contributed by atoms with E-state index in [9.17, 15) is 4.79 Å². The van der Waals surface area contributed by atoms with E-state index in [0.717, 1.165) is 30.5 Å². The van der Waals surface area contributed by atoms with Crippen LogP contribution in [0.3, 0.4) is 0 Å². The zero-order valence-corrected chi connectivity index (χ0v) is 17.7. The Hall–Kier alpha value is -2.31. The van der Waals surface area contributed by atoms with E-state index in [0.29, 0.717) is 34.9 Å². The van der Waals surface area contributed by atoms with Crippen LogP contribution in [0.4, 0.5) is 0 Å². The molecule has 1 amide bonds. The number of piperidine rings is 1. The smallest absolute Gasteiger partial charge is 0.299 e. The molecule has 1 aromatic carbocycles. The minimum Gasteiger partial charge on any atom is -0.465 e. The van der Waals surface area contributed by atoms with Gasteiger partial charge in [0.2, 0.25) is 5.91 Å². The summed E-state index contributed by atoms with van der Waals surface area (Å²) in [6.45, 7) is 3.80. The molecule has 1 aliphatic heterocycles. The number of amides is 1. The van der Waals surface area contributed by atoms with Gasteiger partial charge in [-0.25, -0.2) is 4.98 Å². The molecule has 1 saturated heterocycles. The Kier molecular flexibility index (Phi) is 5.92. The van der Waals surface area contributed by atoms with E-state index in [1.165, 1.54) is 0 Å². The van der Waals surface area contributed by atoms with Crippen molar-refractivity contribution < 1.29 is 9.53 Å². The Labute approximate surface area is 179 Å². The molecule has 0 unspecified atom stereocenters. The molecule has 0 radical (unpaired) electrons. The van der Waals surface area contributed by atoms with Gasteiger partial charge in [-0.05, 0) is 55.7 Å². The summed E-state index contributed by atoms with van der Waals surface area (Å²) in [4.78, 5) is 23.7. The summed E-state index contributed by atoms with van der Waals surface area (Å²) in [5, 5.41) is 1.08. The SMILES string of the molecule is CCOc1nc2ncccc2n1[C@H]1CCCN(C(=O)Cc2cc(Cl)cc(Cl)c2)C1. The molecule has 29 heavy (non-hydrogen) atoms. The van der Waals surface area contributed by atoms with Crippen molar-refractivity contribution in [2.75, 3.05) is 19.7 Å². The molecule has 2 aromatic heterocycles. The maximum atomic E-state index is 13.0. The van der Waals surface area contributed by atoms with Crippen LogP contribution in [0.25, 0.3) is 11.2 Å². The van der Waals surface area contributed by atoms with Gasteiger partial charge in [-0.2, -0.15) is 4.98 Å². The summed E-state index contributed by atoms with van der Waals surface area (Å²) >= 11 is 12.1. The maximum Gasteiger partial charge on any atom is 0.299 e. The van der Waals surface area contributed by atoms with Crippen LogP contribution in [0.1, 0.15) is 31.4 Å². The zero-order chi connectivity index (χ0) is 20.4. The fraction of sp³-hybridized carbons (Fsp3) is 0.381. The third kappa shape index (κ3) is 4.33. The number of halogens is 2. The molecule has 8 heteroatoms. The third-order valence-electron chi connectivity index (χ3n) is 5.10. The topological polar surface area (TPSA) is 60.3 Å². The molecule has 1 fully saturated rings. The number of likely N-dealkylation sites (tertiary alicyclic amines) is 1. The van der Waals surface area contributed by atoms with Crippen LogP contribution in [-0.4, -0.2) is 45.0 Å². The first-order valence-corrected chi connectivity index (χ1v) is 10.5. The van der Waals surface area contributed by atoms with Gasteiger partial charge < -0.3 is 9.64 Å². The van der Waals surface area contributed by atoms with E-state index in [1.807, 2.05) is 24.0 Å². The van der Waals surface area contributed by atoms with Crippen molar-refractivity contribution in [3.63, 3.8) is 0 Å². The van der Waals surface area contributed by atoms with E-state index in [4.69, 9.17) is 27.9 Å². The number of fused-ring (bicyclic) bond motifs is 1. The molecule has 1 aliphatic rings. The number of benzene rings is 1. The van der Waals surface area contributed by atoms with Gasteiger partial charge in [-0.15, -0.1) is 0 Å². The van der Waals surface area contributed by atoms with Crippen LogP contribution in [0.5, 0.6) is 6.01 Å². The average molecular weight is 433 g/mol. The van der Waals surface area contributed by atoms with Crippen molar-refractivity contribution in [2.24, 2.45) is 0 Å². The van der Waals surface area contributed by atoms with Gasteiger partial charge in [0.15, 0.2) is 5.65 Å². The number of nitrogens with zero attached hydrogens (tertiary/aromatic N) is 4. The summed E-state index contributed by atoms with van der Waals surface area (Å²) in [6.07, 6.45) is 3.87. The summed E-state index contributed by atoms with van der Waals surface area (Å²) in [5.74, 6) is 0.0635. The summed E-state index contributed by atoms with van der Waals surface area (Å²) < 4.78 is 7.86. The highest BCUT2D eigenvalue weighted by molar-refractivity contribution is 6.34. The highest BCUT2D eigenvalue weighted by Gasteiger charge is 2.28. The molecular formula is C21H22Cl2N4O2. The van der Waals surface area contributed by atoms with Crippen molar-refractivity contribution in [3.05, 3.63) is 52.1 Å². The number of ether oxygens (including phenoxy) is 1. The number of hydrogen-bond acceptors (Lipinski definition) is 4. The molecule has 0 N–H and O–H groups in total.